The highest BCUT2D eigenvalue weighted by atomic mass is 19.4. The summed E-state index contributed by atoms with van der Waals surface area (Å²) >= 11 is 0. The predicted molar refractivity (Wildman–Crippen MR) is 197 cm³/mol. The van der Waals surface area contributed by atoms with Crippen molar-refractivity contribution in [1.29, 1.82) is 0 Å². The second kappa shape index (κ2) is 12.4. The fourth-order valence-corrected chi connectivity index (χ4v) is 11.6. The highest BCUT2D eigenvalue weighted by Gasteiger charge is 2.74. The molecule has 6 aliphatic carbocycles. The number of benzene rings is 3. The first kappa shape index (κ1) is 35.8. The van der Waals surface area contributed by atoms with E-state index in [1.807, 2.05) is 66.7 Å². The van der Waals surface area contributed by atoms with Gasteiger partial charge in [-0.15, -0.1) is 0 Å². The number of hydrogen-bond donors (Lipinski definition) is 3. The van der Waals surface area contributed by atoms with Gasteiger partial charge in [0.25, 0.3) is 0 Å². The number of para-hydroxylation sites is 1. The number of nitrogens with zero attached hydrogens (tertiary/aromatic N) is 1. The summed E-state index contributed by atoms with van der Waals surface area (Å²) in [5, 5.41) is 27.0. The van der Waals surface area contributed by atoms with Crippen molar-refractivity contribution < 1.29 is 33.0 Å². The third-order valence-corrected chi connectivity index (χ3v) is 14.4. The summed E-state index contributed by atoms with van der Waals surface area (Å²) in [4.78, 5) is 30.5. The largest absolute Gasteiger partial charge is 0.416 e. The Morgan fingerprint density at radius 2 is 1.51 bits per heavy atom. The van der Waals surface area contributed by atoms with Gasteiger partial charge in [-0.25, -0.2) is 4.79 Å². The van der Waals surface area contributed by atoms with Crippen molar-refractivity contribution in [3.63, 3.8) is 0 Å². The maximum Gasteiger partial charge on any atom is 0.416 e. The number of Topliss-reactive ketones (excluding diaryl/α,β-unsaturated/α-hetero) is 1. The first-order chi connectivity index (χ1) is 25.1. The summed E-state index contributed by atoms with van der Waals surface area (Å²) in [6, 6.07) is 23.2. The van der Waals surface area contributed by atoms with E-state index in [0.717, 1.165) is 24.1 Å². The van der Waals surface area contributed by atoms with Gasteiger partial charge >= 0.3 is 12.2 Å². The van der Waals surface area contributed by atoms with Crippen LogP contribution in [0.3, 0.4) is 0 Å². The van der Waals surface area contributed by atoms with Crippen LogP contribution in [0.25, 0.3) is 0 Å². The number of halogens is 3. The maximum atomic E-state index is 14.8. The first-order valence-electron chi connectivity index (χ1n) is 18.9. The van der Waals surface area contributed by atoms with Gasteiger partial charge in [-0.05, 0) is 92.0 Å². The van der Waals surface area contributed by atoms with Crippen LogP contribution < -0.4 is 5.32 Å². The number of nitrogens with one attached hydrogen (secondary N) is 1. The zero-order valence-electron chi connectivity index (χ0n) is 30.2. The fraction of sp³-hybridized carbons (Fsp3) is 0.455. The van der Waals surface area contributed by atoms with Gasteiger partial charge in [-0.3, -0.25) is 4.79 Å². The summed E-state index contributed by atoms with van der Waals surface area (Å²) in [7, 11) is 0. The van der Waals surface area contributed by atoms with Crippen LogP contribution in [0.4, 0.5) is 23.7 Å². The second-order valence-corrected chi connectivity index (χ2v) is 16.9. The Hall–Kier alpha value is -4.21. The molecule has 0 aliphatic heterocycles. The SMILES string of the molecule is CC12CCC(O)CC13C=CC1(C(C(=O)c4cccc(C(F)(F)F)c4)=C3)C2CCC2(C)C1CCC2(O)CN(Cc1ccccc1)C(=O)Nc1ccccc1. The van der Waals surface area contributed by atoms with Gasteiger partial charge < -0.3 is 20.4 Å². The quantitative estimate of drug-likeness (QED) is 0.168. The van der Waals surface area contributed by atoms with E-state index in [9.17, 15) is 33.0 Å². The lowest BCUT2D eigenvalue weighted by atomic mass is 9.32. The van der Waals surface area contributed by atoms with Gasteiger partial charge in [-0.1, -0.05) is 92.7 Å². The number of hydrogen-bond acceptors (Lipinski definition) is 4. The molecule has 0 heterocycles. The van der Waals surface area contributed by atoms with Gasteiger partial charge in [0.2, 0.25) is 0 Å². The van der Waals surface area contributed by atoms with Crippen molar-refractivity contribution in [3.8, 4) is 0 Å². The molecule has 3 fully saturated rings. The van der Waals surface area contributed by atoms with E-state index in [2.05, 4.69) is 31.3 Å². The van der Waals surface area contributed by atoms with Gasteiger partial charge in [-0.2, -0.15) is 13.2 Å². The molecule has 3 aromatic carbocycles. The average Bonchev–Trinajstić information content (AvgIpc) is 3.41. The number of ketones is 1. The van der Waals surface area contributed by atoms with E-state index in [0.29, 0.717) is 49.8 Å². The van der Waals surface area contributed by atoms with E-state index >= 15 is 0 Å². The van der Waals surface area contributed by atoms with E-state index < -0.39 is 45.5 Å². The zero-order chi connectivity index (χ0) is 37.4. The number of aliphatic hydroxyl groups excluding tert-OH is 1. The lowest BCUT2D eigenvalue weighted by Crippen LogP contribution is -2.67. The number of fused-ring (bicyclic) bond motifs is 1. The molecule has 8 atom stereocenters. The Labute approximate surface area is 308 Å². The van der Waals surface area contributed by atoms with Crippen LogP contribution in [-0.4, -0.2) is 45.2 Å². The molecule has 2 bridgehead atoms. The molecule has 3 saturated carbocycles. The number of amides is 2. The zero-order valence-corrected chi connectivity index (χ0v) is 30.2. The van der Waals surface area contributed by atoms with Crippen molar-refractivity contribution in [1.82, 2.24) is 4.90 Å². The number of carbonyl (C=O) groups is 2. The average molecular weight is 725 g/mol. The molecule has 0 saturated heterocycles. The monoisotopic (exact) mass is 724 g/mol. The Morgan fingerprint density at radius 3 is 2.23 bits per heavy atom. The molecule has 2 spiro atoms. The molecule has 2 amide bonds. The summed E-state index contributed by atoms with van der Waals surface area (Å²) in [6.45, 7) is 4.70. The van der Waals surface area contributed by atoms with Crippen molar-refractivity contribution in [2.24, 2.45) is 33.5 Å². The van der Waals surface area contributed by atoms with Gasteiger partial charge in [0.1, 0.15) is 0 Å². The lowest BCUT2D eigenvalue weighted by Gasteiger charge is -2.71. The molecule has 278 valence electrons. The minimum atomic E-state index is -4.61. The van der Waals surface area contributed by atoms with Crippen LogP contribution in [0.2, 0.25) is 0 Å². The summed E-state index contributed by atoms with van der Waals surface area (Å²) in [5.41, 5.74) is -2.67. The molecule has 53 heavy (non-hydrogen) atoms. The minimum Gasteiger partial charge on any atom is -0.393 e. The van der Waals surface area contributed by atoms with Crippen molar-refractivity contribution >= 4 is 17.5 Å². The molecule has 9 rings (SSSR count). The molecule has 0 aromatic heterocycles. The van der Waals surface area contributed by atoms with Gasteiger partial charge in [0.15, 0.2) is 5.78 Å². The number of carbonyl (C=O) groups excluding carboxylic acids is 2. The number of urea groups is 1. The highest BCUT2D eigenvalue weighted by Crippen LogP contribution is 2.78. The summed E-state index contributed by atoms with van der Waals surface area (Å²) in [6.07, 6.45) is 5.33. The van der Waals surface area contributed by atoms with Crippen LogP contribution in [0.1, 0.15) is 80.3 Å². The smallest absolute Gasteiger partial charge is 0.393 e. The number of aliphatic hydroxyl groups is 2. The van der Waals surface area contributed by atoms with Gasteiger partial charge in [0.05, 0.1) is 23.8 Å². The molecular weight excluding hydrogens is 677 g/mol. The molecule has 0 radical (unpaired) electrons. The molecule has 8 unspecified atom stereocenters. The molecule has 6 aliphatic rings. The van der Waals surface area contributed by atoms with Crippen LogP contribution in [0.5, 0.6) is 0 Å². The normalized spacial score (nSPS) is 35.5. The Bertz CT molecular complexity index is 1980. The Morgan fingerprint density at radius 1 is 0.849 bits per heavy atom. The van der Waals surface area contributed by atoms with Crippen LogP contribution in [0, 0.1) is 33.5 Å². The molecule has 3 N–H and O–H groups in total. The second-order valence-electron chi connectivity index (χ2n) is 16.9. The Kier molecular flexibility index (Phi) is 8.39. The van der Waals surface area contributed by atoms with Crippen LogP contribution in [0.15, 0.2) is 109 Å². The van der Waals surface area contributed by atoms with E-state index in [1.165, 1.54) is 12.1 Å². The topological polar surface area (TPSA) is 89.9 Å². The predicted octanol–water partition coefficient (Wildman–Crippen LogP) is 9.21. The minimum absolute atomic E-state index is 0.0123. The van der Waals surface area contributed by atoms with E-state index in [4.69, 9.17) is 0 Å². The van der Waals surface area contributed by atoms with E-state index in [-0.39, 0.29) is 41.9 Å². The maximum absolute atomic E-state index is 14.8. The van der Waals surface area contributed by atoms with Crippen LogP contribution >= 0.6 is 0 Å². The highest BCUT2D eigenvalue weighted by molar-refractivity contribution is 6.10. The summed E-state index contributed by atoms with van der Waals surface area (Å²) in [5.74, 6) is -0.683. The van der Waals surface area contributed by atoms with Crippen molar-refractivity contribution in [2.75, 3.05) is 11.9 Å². The standard InChI is InChI=1S/C44H47F3N2O4/c1-39-19-16-33(50)25-41(39)22-23-43(34(26-41)37(51)30-12-9-13-31(24-30)44(45,46)47)35(39)17-20-40(2)36(43)18-21-42(40,53)28-49(27-29-10-5-3-6-11-29)38(52)48-32-14-7-4-8-15-32/h3-15,22-24,26,33,35-36,50,53H,16-21,25,27-28H2,1-2H3,(H,48,52). The first-order valence-corrected chi connectivity index (χ1v) is 18.9. The number of rotatable bonds is 7. The Balaban J connectivity index is 1.20. The molecular formula is C44H47F3N2O4. The number of alkyl halides is 3. The summed E-state index contributed by atoms with van der Waals surface area (Å²) < 4.78 is 41.7. The van der Waals surface area contributed by atoms with Gasteiger partial charge in [0, 0.05) is 39.6 Å². The van der Waals surface area contributed by atoms with Crippen molar-refractivity contribution in [3.05, 3.63) is 125 Å². The molecule has 3 aromatic rings. The van der Waals surface area contributed by atoms with Crippen LogP contribution in [-0.2, 0) is 12.7 Å². The third-order valence-electron chi connectivity index (χ3n) is 14.4. The van der Waals surface area contributed by atoms with E-state index in [1.54, 1.807) is 4.90 Å². The number of allylic oxidation sites excluding steroid dienone is 4. The molecule has 9 heteroatoms. The number of anilines is 1. The third kappa shape index (κ3) is 5.43. The lowest BCUT2D eigenvalue weighted by molar-refractivity contribution is -0.174. The van der Waals surface area contributed by atoms with Crippen molar-refractivity contribution in [2.45, 2.75) is 83.2 Å². The fourth-order valence-electron chi connectivity index (χ4n) is 11.6. The molecule has 6 nitrogen and oxygen atoms in total.